The van der Waals surface area contributed by atoms with Crippen LogP contribution in [0, 0.1) is 0 Å². The number of methoxy groups -OCH3 is 1. The van der Waals surface area contributed by atoms with E-state index in [1.54, 1.807) is 7.11 Å². The molecule has 23 heavy (non-hydrogen) atoms. The van der Waals surface area contributed by atoms with Crippen molar-refractivity contribution >= 4 is 5.69 Å². The van der Waals surface area contributed by atoms with Gasteiger partial charge in [-0.15, -0.1) is 0 Å². The van der Waals surface area contributed by atoms with E-state index in [1.165, 1.54) is 0 Å². The number of anilines is 1. The summed E-state index contributed by atoms with van der Waals surface area (Å²) < 4.78 is 11.7. The summed E-state index contributed by atoms with van der Waals surface area (Å²) in [6.07, 6.45) is 0. The van der Waals surface area contributed by atoms with Gasteiger partial charge in [-0.1, -0.05) is 50.8 Å². The fourth-order valence-corrected chi connectivity index (χ4v) is 3.20. The highest BCUT2D eigenvalue weighted by Crippen LogP contribution is 2.53. The van der Waals surface area contributed by atoms with Gasteiger partial charge in [-0.3, -0.25) is 0 Å². The van der Waals surface area contributed by atoms with Crippen LogP contribution < -0.4 is 14.4 Å². The first-order valence-electron chi connectivity index (χ1n) is 7.78. The second-order valence-electron chi connectivity index (χ2n) is 6.40. The highest BCUT2D eigenvalue weighted by atomic mass is 16.5. The fraction of sp³-hybridized carbons (Fsp3) is 0.300. The van der Waals surface area contributed by atoms with Crippen LogP contribution in [0.5, 0.6) is 11.5 Å². The van der Waals surface area contributed by atoms with Gasteiger partial charge in [-0.05, 0) is 17.7 Å². The molecule has 3 rings (SSSR count). The zero-order valence-corrected chi connectivity index (χ0v) is 14.2. The molecule has 0 amide bonds. The molecule has 0 N–H and O–H groups in total. The predicted octanol–water partition coefficient (Wildman–Crippen LogP) is 4.52. The molecule has 3 nitrogen and oxygen atoms in total. The monoisotopic (exact) mass is 309 g/mol. The average molecular weight is 309 g/mol. The van der Waals surface area contributed by atoms with Gasteiger partial charge in [0.15, 0.2) is 11.5 Å². The van der Waals surface area contributed by atoms with Crippen molar-refractivity contribution in [1.29, 1.82) is 0 Å². The molecule has 0 unspecified atom stereocenters. The Kier molecular flexibility index (Phi) is 3.80. The van der Waals surface area contributed by atoms with Crippen molar-refractivity contribution in [1.82, 2.24) is 0 Å². The zero-order valence-electron chi connectivity index (χ0n) is 14.2. The molecule has 0 saturated heterocycles. The highest BCUT2D eigenvalue weighted by molar-refractivity contribution is 5.75. The summed E-state index contributed by atoms with van der Waals surface area (Å²) in [6.45, 7) is 9.09. The van der Waals surface area contributed by atoms with Gasteiger partial charge in [0, 0.05) is 29.4 Å². The van der Waals surface area contributed by atoms with E-state index < -0.39 is 0 Å². The average Bonchev–Trinajstić information content (AvgIpc) is 2.74. The summed E-state index contributed by atoms with van der Waals surface area (Å²) in [6, 6.07) is 14.2. The number of ether oxygens (including phenoxy) is 2. The quantitative estimate of drug-likeness (QED) is 0.829. The molecule has 1 aliphatic rings. The Hall–Kier alpha value is -2.42. The third-order valence-corrected chi connectivity index (χ3v) is 4.65. The summed E-state index contributed by atoms with van der Waals surface area (Å²) in [4.78, 5) is 2.12. The van der Waals surface area contributed by atoms with Gasteiger partial charge >= 0.3 is 0 Å². The standard InChI is InChI=1S/C20H23NO2/c1-14-20(2,3)18-16(21(14)4)11-12-17(19(18)22-5)23-13-15-9-7-6-8-10-15/h6-12H,1,13H2,2-5H3. The Morgan fingerprint density at radius 1 is 1.09 bits per heavy atom. The van der Waals surface area contributed by atoms with Crippen molar-refractivity contribution in [3.05, 3.63) is 65.9 Å². The van der Waals surface area contributed by atoms with Crippen LogP contribution in [-0.4, -0.2) is 14.2 Å². The molecule has 120 valence electrons. The van der Waals surface area contributed by atoms with Crippen molar-refractivity contribution in [3.63, 3.8) is 0 Å². The van der Waals surface area contributed by atoms with Crippen LogP contribution in [0.15, 0.2) is 54.7 Å². The molecule has 0 atom stereocenters. The third-order valence-electron chi connectivity index (χ3n) is 4.65. The van der Waals surface area contributed by atoms with E-state index in [-0.39, 0.29) is 5.41 Å². The number of benzene rings is 2. The topological polar surface area (TPSA) is 21.7 Å². The van der Waals surface area contributed by atoms with Gasteiger partial charge in [-0.2, -0.15) is 0 Å². The van der Waals surface area contributed by atoms with Crippen LogP contribution >= 0.6 is 0 Å². The van der Waals surface area contributed by atoms with Gasteiger partial charge in [0.2, 0.25) is 0 Å². The summed E-state index contributed by atoms with van der Waals surface area (Å²) in [7, 11) is 3.74. The molecule has 0 bridgehead atoms. The maximum Gasteiger partial charge on any atom is 0.166 e. The molecule has 2 aromatic carbocycles. The molecule has 0 fully saturated rings. The van der Waals surface area contributed by atoms with Crippen molar-refractivity contribution in [2.45, 2.75) is 25.9 Å². The van der Waals surface area contributed by atoms with Crippen LogP contribution in [0.2, 0.25) is 0 Å². The molecule has 3 heteroatoms. The first-order valence-corrected chi connectivity index (χ1v) is 7.78. The van der Waals surface area contributed by atoms with Gasteiger partial charge in [-0.25, -0.2) is 0 Å². The molecule has 1 heterocycles. The number of fused-ring (bicyclic) bond motifs is 1. The molecule has 1 aliphatic heterocycles. The van der Waals surface area contributed by atoms with E-state index in [0.29, 0.717) is 6.61 Å². The second kappa shape index (κ2) is 5.65. The van der Waals surface area contributed by atoms with Crippen molar-refractivity contribution < 1.29 is 9.47 Å². The third kappa shape index (κ3) is 2.46. The summed E-state index contributed by atoms with van der Waals surface area (Å²) in [5.41, 5.74) is 4.28. The number of allylic oxidation sites excluding steroid dienone is 1. The lowest BCUT2D eigenvalue weighted by Gasteiger charge is -2.24. The number of rotatable bonds is 4. The molecule has 0 aliphatic carbocycles. The van der Waals surface area contributed by atoms with E-state index in [4.69, 9.17) is 9.47 Å². The maximum atomic E-state index is 6.03. The molecule has 0 radical (unpaired) electrons. The largest absolute Gasteiger partial charge is 0.492 e. The van der Waals surface area contributed by atoms with E-state index in [0.717, 1.165) is 34.0 Å². The number of hydrogen-bond acceptors (Lipinski definition) is 3. The van der Waals surface area contributed by atoms with Crippen LogP contribution in [-0.2, 0) is 12.0 Å². The molecule has 2 aromatic rings. The minimum atomic E-state index is -0.179. The lowest BCUT2D eigenvalue weighted by Crippen LogP contribution is -2.21. The smallest absolute Gasteiger partial charge is 0.166 e. The molecule has 0 spiro atoms. The fourth-order valence-electron chi connectivity index (χ4n) is 3.20. The number of nitrogens with zero attached hydrogens (tertiary/aromatic N) is 1. The summed E-state index contributed by atoms with van der Waals surface area (Å²) in [5, 5.41) is 0. The van der Waals surface area contributed by atoms with Crippen molar-refractivity contribution in [3.8, 4) is 11.5 Å². The van der Waals surface area contributed by atoms with E-state index in [2.05, 4.69) is 43.5 Å². The Balaban J connectivity index is 1.98. The maximum absolute atomic E-state index is 6.03. The Bertz CT molecular complexity index is 735. The Labute approximate surface area is 138 Å². The lowest BCUT2D eigenvalue weighted by atomic mass is 9.83. The van der Waals surface area contributed by atoms with E-state index in [9.17, 15) is 0 Å². The van der Waals surface area contributed by atoms with Crippen LogP contribution in [0.4, 0.5) is 5.69 Å². The molecule has 0 saturated carbocycles. The summed E-state index contributed by atoms with van der Waals surface area (Å²) in [5.74, 6) is 1.57. The van der Waals surface area contributed by atoms with Gasteiger partial charge in [0.05, 0.1) is 7.11 Å². The minimum Gasteiger partial charge on any atom is -0.492 e. The minimum absolute atomic E-state index is 0.179. The van der Waals surface area contributed by atoms with Crippen LogP contribution in [0.3, 0.4) is 0 Å². The van der Waals surface area contributed by atoms with Crippen molar-refractivity contribution in [2.75, 3.05) is 19.1 Å². The SMILES string of the molecule is C=C1N(C)c2ccc(OCc3ccccc3)c(OC)c2C1(C)C. The first-order chi connectivity index (χ1) is 11.0. The normalized spacial score (nSPS) is 15.5. The van der Waals surface area contributed by atoms with Gasteiger partial charge in [0.25, 0.3) is 0 Å². The predicted molar refractivity (Wildman–Crippen MR) is 94.3 cm³/mol. The van der Waals surface area contributed by atoms with E-state index >= 15 is 0 Å². The highest BCUT2D eigenvalue weighted by Gasteiger charge is 2.41. The summed E-state index contributed by atoms with van der Waals surface area (Å²) >= 11 is 0. The molecular formula is C20H23NO2. The second-order valence-corrected chi connectivity index (χ2v) is 6.40. The molecular weight excluding hydrogens is 286 g/mol. The van der Waals surface area contributed by atoms with E-state index in [1.807, 2.05) is 31.3 Å². The number of likely N-dealkylation sites (N-methyl/N-ethyl adjacent to an activating group) is 1. The van der Waals surface area contributed by atoms with Gasteiger partial charge < -0.3 is 14.4 Å². The Morgan fingerprint density at radius 2 is 1.78 bits per heavy atom. The first kappa shape index (κ1) is 15.5. The van der Waals surface area contributed by atoms with Gasteiger partial charge in [0.1, 0.15) is 6.61 Å². The van der Waals surface area contributed by atoms with Crippen LogP contribution in [0.25, 0.3) is 0 Å². The Morgan fingerprint density at radius 3 is 2.43 bits per heavy atom. The lowest BCUT2D eigenvalue weighted by molar-refractivity contribution is 0.282. The number of hydrogen-bond donors (Lipinski definition) is 0. The van der Waals surface area contributed by atoms with Crippen LogP contribution in [0.1, 0.15) is 25.0 Å². The molecule has 0 aromatic heterocycles. The zero-order chi connectivity index (χ0) is 16.6. The van der Waals surface area contributed by atoms with Crippen molar-refractivity contribution in [2.24, 2.45) is 0 Å².